The molecule has 2 unspecified atom stereocenters. The highest BCUT2D eigenvalue weighted by Crippen LogP contribution is 2.18. The average Bonchev–Trinajstić information content (AvgIpc) is 2.67. The number of halogens is 1. The van der Waals surface area contributed by atoms with Crippen LogP contribution in [0.4, 0.5) is 0 Å². The van der Waals surface area contributed by atoms with E-state index in [-0.39, 0.29) is 12.4 Å². The highest BCUT2D eigenvalue weighted by Gasteiger charge is 2.24. The minimum absolute atomic E-state index is 0. The molecule has 15 heavy (non-hydrogen) atoms. The van der Waals surface area contributed by atoms with Gasteiger partial charge in [0.05, 0.1) is 0 Å². The van der Waals surface area contributed by atoms with Crippen molar-refractivity contribution < 1.29 is 0 Å². The number of hydrogen-bond donors (Lipinski definition) is 2. The van der Waals surface area contributed by atoms with E-state index in [9.17, 15) is 0 Å². The van der Waals surface area contributed by atoms with Gasteiger partial charge in [0.15, 0.2) is 0 Å². The summed E-state index contributed by atoms with van der Waals surface area (Å²) < 4.78 is 0. The maximum atomic E-state index is 5.69. The van der Waals surface area contributed by atoms with Crippen LogP contribution < -0.4 is 11.1 Å². The number of nitrogens with one attached hydrogen (secondary N) is 1. The van der Waals surface area contributed by atoms with Crippen molar-refractivity contribution in [3.8, 4) is 0 Å². The second-order valence-corrected chi connectivity index (χ2v) is 4.86. The summed E-state index contributed by atoms with van der Waals surface area (Å²) in [4.78, 5) is 2.61. The number of rotatable bonds is 3. The summed E-state index contributed by atoms with van der Waals surface area (Å²) in [6.45, 7) is 7.14. The highest BCUT2D eigenvalue weighted by atomic mass is 35.5. The molecule has 2 fully saturated rings. The second-order valence-electron chi connectivity index (χ2n) is 4.86. The molecule has 2 aliphatic heterocycles. The Morgan fingerprint density at radius 2 is 2.13 bits per heavy atom. The topological polar surface area (TPSA) is 41.3 Å². The van der Waals surface area contributed by atoms with Crippen LogP contribution in [0.1, 0.15) is 19.3 Å². The van der Waals surface area contributed by atoms with Crippen molar-refractivity contribution in [1.29, 1.82) is 0 Å². The molecule has 4 heteroatoms. The van der Waals surface area contributed by atoms with Crippen molar-refractivity contribution in [2.45, 2.75) is 19.3 Å². The van der Waals surface area contributed by atoms with E-state index >= 15 is 0 Å². The molecule has 0 aromatic heterocycles. The fourth-order valence-corrected chi connectivity index (χ4v) is 2.72. The Kier molecular flexibility index (Phi) is 5.90. The Hall–Kier alpha value is 0.170. The minimum atomic E-state index is 0. The summed E-state index contributed by atoms with van der Waals surface area (Å²) in [6, 6.07) is 0. The standard InChI is InChI=1S/C11H23N3.ClH/c12-6-10-3-5-14(8-10)9-11-2-1-4-13-7-11;/h10-11,13H,1-9,12H2;1H. The van der Waals surface area contributed by atoms with Crippen LogP contribution in [0.3, 0.4) is 0 Å². The van der Waals surface area contributed by atoms with Crippen molar-refractivity contribution in [1.82, 2.24) is 10.2 Å². The van der Waals surface area contributed by atoms with Crippen LogP contribution in [0.5, 0.6) is 0 Å². The molecule has 0 amide bonds. The van der Waals surface area contributed by atoms with E-state index in [1.165, 1.54) is 52.0 Å². The number of piperidine rings is 1. The van der Waals surface area contributed by atoms with Gasteiger partial charge in [-0.15, -0.1) is 12.4 Å². The Morgan fingerprint density at radius 3 is 2.73 bits per heavy atom. The van der Waals surface area contributed by atoms with Crippen molar-refractivity contribution in [3.63, 3.8) is 0 Å². The lowest BCUT2D eigenvalue weighted by Crippen LogP contribution is -2.37. The van der Waals surface area contributed by atoms with Gasteiger partial charge in [0.2, 0.25) is 0 Å². The van der Waals surface area contributed by atoms with E-state index in [4.69, 9.17) is 5.73 Å². The van der Waals surface area contributed by atoms with Gasteiger partial charge < -0.3 is 16.0 Å². The quantitative estimate of drug-likeness (QED) is 0.754. The molecule has 2 heterocycles. The predicted molar refractivity (Wildman–Crippen MR) is 66.4 cm³/mol. The van der Waals surface area contributed by atoms with Crippen molar-refractivity contribution in [3.05, 3.63) is 0 Å². The summed E-state index contributed by atoms with van der Waals surface area (Å²) in [5.74, 6) is 1.66. The first-order chi connectivity index (χ1) is 6.88. The van der Waals surface area contributed by atoms with E-state index in [0.29, 0.717) is 0 Å². The molecule has 0 spiro atoms. The lowest BCUT2D eigenvalue weighted by Gasteiger charge is -2.27. The van der Waals surface area contributed by atoms with Gasteiger partial charge in [0.25, 0.3) is 0 Å². The van der Waals surface area contributed by atoms with Crippen LogP contribution >= 0.6 is 12.4 Å². The predicted octanol–water partition coefficient (Wildman–Crippen LogP) is 0.688. The maximum Gasteiger partial charge on any atom is 0.00223 e. The van der Waals surface area contributed by atoms with Gasteiger partial charge in [-0.3, -0.25) is 0 Å². The van der Waals surface area contributed by atoms with E-state index in [2.05, 4.69) is 10.2 Å². The number of nitrogens with zero attached hydrogens (tertiary/aromatic N) is 1. The zero-order chi connectivity index (χ0) is 9.80. The third kappa shape index (κ3) is 3.91. The van der Waals surface area contributed by atoms with E-state index < -0.39 is 0 Å². The molecule has 0 aliphatic carbocycles. The molecule has 90 valence electrons. The van der Waals surface area contributed by atoms with Crippen molar-refractivity contribution in [2.75, 3.05) is 39.3 Å². The van der Waals surface area contributed by atoms with Gasteiger partial charge in [0, 0.05) is 13.1 Å². The highest BCUT2D eigenvalue weighted by molar-refractivity contribution is 5.85. The Balaban J connectivity index is 0.00000112. The van der Waals surface area contributed by atoms with Gasteiger partial charge in [-0.2, -0.15) is 0 Å². The number of hydrogen-bond acceptors (Lipinski definition) is 3. The van der Waals surface area contributed by atoms with E-state index in [0.717, 1.165) is 18.4 Å². The second kappa shape index (κ2) is 6.69. The monoisotopic (exact) mass is 233 g/mol. The molecule has 2 atom stereocenters. The Labute approximate surface area is 99.2 Å². The smallest absolute Gasteiger partial charge is 0.00223 e. The normalized spacial score (nSPS) is 32.6. The third-order valence-electron chi connectivity index (χ3n) is 3.62. The van der Waals surface area contributed by atoms with E-state index in [1.807, 2.05) is 0 Å². The summed E-state index contributed by atoms with van der Waals surface area (Å²) in [7, 11) is 0. The summed E-state index contributed by atoms with van der Waals surface area (Å²) >= 11 is 0. The minimum Gasteiger partial charge on any atom is -0.330 e. The first-order valence-corrected chi connectivity index (χ1v) is 6.01. The van der Waals surface area contributed by atoms with E-state index in [1.54, 1.807) is 0 Å². The lowest BCUT2D eigenvalue weighted by molar-refractivity contribution is 0.238. The molecule has 0 bridgehead atoms. The Bertz CT molecular complexity index is 171. The van der Waals surface area contributed by atoms with Gasteiger partial charge in [-0.25, -0.2) is 0 Å². The molecule has 0 aromatic carbocycles. The first-order valence-electron chi connectivity index (χ1n) is 6.01. The van der Waals surface area contributed by atoms with Crippen molar-refractivity contribution in [2.24, 2.45) is 17.6 Å². The first kappa shape index (κ1) is 13.2. The summed E-state index contributed by atoms with van der Waals surface area (Å²) in [6.07, 6.45) is 4.09. The molecule has 3 N–H and O–H groups in total. The summed E-state index contributed by atoms with van der Waals surface area (Å²) in [5, 5.41) is 3.48. The molecule has 0 aromatic rings. The number of likely N-dealkylation sites (tertiary alicyclic amines) is 1. The molecule has 2 saturated heterocycles. The van der Waals surface area contributed by atoms with Crippen LogP contribution in [0.2, 0.25) is 0 Å². The SMILES string of the molecule is Cl.NCC1CCN(CC2CCCNC2)C1. The largest absolute Gasteiger partial charge is 0.330 e. The third-order valence-corrected chi connectivity index (χ3v) is 3.62. The van der Waals surface area contributed by atoms with Gasteiger partial charge in [-0.05, 0) is 57.3 Å². The lowest BCUT2D eigenvalue weighted by atomic mass is 9.99. The fraction of sp³-hybridized carbons (Fsp3) is 1.00. The molecular weight excluding hydrogens is 210 g/mol. The van der Waals surface area contributed by atoms with Crippen LogP contribution in [0, 0.1) is 11.8 Å². The maximum absolute atomic E-state index is 5.69. The van der Waals surface area contributed by atoms with Crippen molar-refractivity contribution >= 4 is 12.4 Å². The molecule has 0 radical (unpaired) electrons. The zero-order valence-corrected chi connectivity index (χ0v) is 10.3. The zero-order valence-electron chi connectivity index (χ0n) is 9.45. The van der Waals surface area contributed by atoms with Crippen LogP contribution in [0.15, 0.2) is 0 Å². The van der Waals surface area contributed by atoms with Gasteiger partial charge >= 0.3 is 0 Å². The molecule has 3 nitrogen and oxygen atoms in total. The molecule has 0 saturated carbocycles. The molecular formula is C11H24ClN3. The summed E-state index contributed by atoms with van der Waals surface area (Å²) in [5.41, 5.74) is 5.69. The molecule has 2 aliphatic rings. The van der Waals surface area contributed by atoms with Crippen LogP contribution in [-0.2, 0) is 0 Å². The van der Waals surface area contributed by atoms with Gasteiger partial charge in [-0.1, -0.05) is 0 Å². The fourth-order valence-electron chi connectivity index (χ4n) is 2.72. The number of nitrogens with two attached hydrogens (primary N) is 1. The molecule has 2 rings (SSSR count). The van der Waals surface area contributed by atoms with Gasteiger partial charge in [0.1, 0.15) is 0 Å². The van der Waals surface area contributed by atoms with Crippen LogP contribution in [0.25, 0.3) is 0 Å². The average molecular weight is 234 g/mol. The van der Waals surface area contributed by atoms with Crippen LogP contribution in [-0.4, -0.2) is 44.2 Å². The Morgan fingerprint density at radius 1 is 1.27 bits per heavy atom.